The van der Waals surface area contributed by atoms with E-state index >= 15 is 0 Å². The second kappa shape index (κ2) is 7.43. The molecule has 1 fully saturated rings. The molecule has 2 N–H and O–H groups in total. The van der Waals surface area contributed by atoms with Gasteiger partial charge < -0.3 is 20.1 Å². The third-order valence-electron chi connectivity index (χ3n) is 4.33. The van der Waals surface area contributed by atoms with Gasteiger partial charge in [0.1, 0.15) is 5.60 Å². The molecule has 0 aliphatic carbocycles. The predicted molar refractivity (Wildman–Crippen MR) is 96.3 cm³/mol. The van der Waals surface area contributed by atoms with Gasteiger partial charge in [0.15, 0.2) is 0 Å². The van der Waals surface area contributed by atoms with Crippen LogP contribution in [0.3, 0.4) is 0 Å². The Hall–Kier alpha value is -1.75. The first-order valence-electron chi connectivity index (χ1n) is 8.74. The van der Waals surface area contributed by atoms with Crippen molar-refractivity contribution in [3.8, 4) is 0 Å². The summed E-state index contributed by atoms with van der Waals surface area (Å²) in [7, 11) is 0. The van der Waals surface area contributed by atoms with E-state index in [1.54, 1.807) is 4.90 Å². The van der Waals surface area contributed by atoms with Crippen LogP contribution in [0.1, 0.15) is 46.1 Å². The zero-order chi connectivity index (χ0) is 17.8. The number of carbonyl (C=O) groups excluding carboxylic acids is 1. The van der Waals surface area contributed by atoms with Crippen molar-refractivity contribution in [3.63, 3.8) is 0 Å². The molecule has 5 heteroatoms. The number of hydrogen-bond acceptors (Lipinski definition) is 4. The fraction of sp³-hybridized carbons (Fsp3) is 0.632. The maximum absolute atomic E-state index is 12.1. The monoisotopic (exact) mass is 334 g/mol. The number of nitrogens with zero attached hydrogens (tertiary/aromatic N) is 1. The van der Waals surface area contributed by atoms with Crippen LogP contribution in [-0.2, 0) is 11.2 Å². The van der Waals surface area contributed by atoms with Crippen LogP contribution in [-0.4, -0.2) is 46.9 Å². The van der Waals surface area contributed by atoms with Crippen LogP contribution < -0.4 is 5.32 Å². The van der Waals surface area contributed by atoms with E-state index in [4.69, 9.17) is 4.74 Å². The summed E-state index contributed by atoms with van der Waals surface area (Å²) >= 11 is 0. The zero-order valence-corrected chi connectivity index (χ0v) is 15.3. The van der Waals surface area contributed by atoms with Gasteiger partial charge in [-0.25, -0.2) is 4.79 Å². The van der Waals surface area contributed by atoms with E-state index < -0.39 is 11.2 Å². The first-order valence-corrected chi connectivity index (χ1v) is 8.74. The largest absolute Gasteiger partial charge is 0.444 e. The second-order valence-electron chi connectivity index (χ2n) is 7.60. The van der Waals surface area contributed by atoms with E-state index in [1.807, 2.05) is 32.9 Å². The summed E-state index contributed by atoms with van der Waals surface area (Å²) in [5.41, 5.74) is 1.03. The average Bonchev–Trinajstić information content (AvgIpc) is 2.52. The molecule has 0 aromatic heterocycles. The molecule has 1 aromatic carbocycles. The van der Waals surface area contributed by atoms with E-state index in [2.05, 4.69) is 24.4 Å². The average molecular weight is 334 g/mol. The van der Waals surface area contributed by atoms with Crippen LogP contribution in [0.4, 0.5) is 10.5 Å². The van der Waals surface area contributed by atoms with Crippen LogP contribution in [0.15, 0.2) is 24.3 Å². The molecular formula is C19H30N2O3. The molecule has 1 amide bonds. The van der Waals surface area contributed by atoms with Crippen LogP contribution in [0, 0.1) is 0 Å². The van der Waals surface area contributed by atoms with Crippen molar-refractivity contribution in [1.82, 2.24) is 4.90 Å². The van der Waals surface area contributed by atoms with Crippen LogP contribution in [0.2, 0.25) is 0 Å². The topological polar surface area (TPSA) is 61.8 Å². The number of carbonyl (C=O) groups is 1. The van der Waals surface area contributed by atoms with Gasteiger partial charge in [-0.3, -0.25) is 0 Å². The summed E-state index contributed by atoms with van der Waals surface area (Å²) in [5.74, 6) is 0. The van der Waals surface area contributed by atoms with Crippen LogP contribution >= 0.6 is 0 Å². The smallest absolute Gasteiger partial charge is 0.410 e. The number of anilines is 1. The van der Waals surface area contributed by atoms with Crippen molar-refractivity contribution in [2.24, 2.45) is 0 Å². The molecule has 1 heterocycles. The molecule has 1 aliphatic heterocycles. The predicted octanol–water partition coefficient (Wildman–Crippen LogP) is 3.42. The number of aliphatic hydroxyl groups is 1. The zero-order valence-electron chi connectivity index (χ0n) is 15.3. The summed E-state index contributed by atoms with van der Waals surface area (Å²) in [6.45, 7) is 9.23. The fourth-order valence-corrected chi connectivity index (χ4v) is 2.73. The third kappa shape index (κ3) is 5.41. The molecule has 5 nitrogen and oxygen atoms in total. The number of ether oxygens (including phenoxy) is 1. The van der Waals surface area contributed by atoms with Gasteiger partial charge in [-0.2, -0.15) is 0 Å². The van der Waals surface area contributed by atoms with Crippen molar-refractivity contribution in [3.05, 3.63) is 29.8 Å². The lowest BCUT2D eigenvalue weighted by Gasteiger charge is -2.38. The molecule has 1 aromatic rings. The quantitative estimate of drug-likeness (QED) is 0.886. The highest BCUT2D eigenvalue weighted by Gasteiger charge is 2.35. The minimum Gasteiger partial charge on any atom is -0.444 e. The number of rotatable bonds is 4. The van der Waals surface area contributed by atoms with Gasteiger partial charge >= 0.3 is 6.09 Å². The van der Waals surface area contributed by atoms with Gasteiger partial charge in [-0.1, -0.05) is 19.1 Å². The van der Waals surface area contributed by atoms with Crippen molar-refractivity contribution in [2.45, 2.75) is 58.2 Å². The highest BCUT2D eigenvalue weighted by Crippen LogP contribution is 2.24. The highest BCUT2D eigenvalue weighted by molar-refractivity contribution is 5.68. The maximum atomic E-state index is 12.1. The number of piperidine rings is 1. The minimum absolute atomic E-state index is 0.298. The number of amides is 1. The lowest BCUT2D eigenvalue weighted by Crippen LogP contribution is -2.50. The Morgan fingerprint density at radius 2 is 1.83 bits per heavy atom. The Bertz CT molecular complexity index is 541. The number of benzene rings is 1. The third-order valence-corrected chi connectivity index (χ3v) is 4.33. The first-order chi connectivity index (χ1) is 11.2. The van der Waals surface area contributed by atoms with Gasteiger partial charge in [0, 0.05) is 25.3 Å². The summed E-state index contributed by atoms with van der Waals surface area (Å²) in [6, 6.07) is 8.27. The van der Waals surface area contributed by atoms with E-state index in [9.17, 15) is 9.90 Å². The lowest BCUT2D eigenvalue weighted by molar-refractivity contribution is -0.0244. The molecule has 0 radical (unpaired) electrons. The standard InChI is InChI=1S/C19H30N2O3/c1-5-15-6-8-16(9-7-15)20-14-19(23)10-12-21(13-11-19)17(22)24-18(2,3)4/h6-9,20,23H,5,10-14H2,1-4H3. The summed E-state index contributed by atoms with van der Waals surface area (Å²) in [6.07, 6.45) is 1.82. The molecule has 24 heavy (non-hydrogen) atoms. The molecule has 134 valence electrons. The molecule has 1 saturated heterocycles. The molecule has 0 bridgehead atoms. The summed E-state index contributed by atoms with van der Waals surface area (Å²) < 4.78 is 5.39. The SMILES string of the molecule is CCc1ccc(NCC2(O)CCN(C(=O)OC(C)(C)C)CC2)cc1. The van der Waals surface area contributed by atoms with Gasteiger partial charge in [0.2, 0.25) is 0 Å². The number of nitrogens with one attached hydrogen (secondary N) is 1. The Morgan fingerprint density at radius 1 is 1.25 bits per heavy atom. The van der Waals surface area contributed by atoms with E-state index in [1.165, 1.54) is 5.56 Å². The number of hydrogen-bond donors (Lipinski definition) is 2. The Balaban J connectivity index is 1.82. The van der Waals surface area contributed by atoms with E-state index in [0.717, 1.165) is 12.1 Å². The molecule has 0 saturated carbocycles. The van der Waals surface area contributed by atoms with Gasteiger partial charge in [0.05, 0.1) is 5.60 Å². The Morgan fingerprint density at radius 3 is 2.33 bits per heavy atom. The second-order valence-corrected chi connectivity index (χ2v) is 7.60. The van der Waals surface area contributed by atoms with E-state index in [0.29, 0.717) is 32.5 Å². The molecule has 0 spiro atoms. The molecule has 1 aliphatic rings. The molecule has 2 rings (SSSR count). The fourth-order valence-electron chi connectivity index (χ4n) is 2.73. The van der Waals surface area contributed by atoms with Crippen molar-refractivity contribution < 1.29 is 14.6 Å². The maximum Gasteiger partial charge on any atom is 0.410 e. The molecular weight excluding hydrogens is 304 g/mol. The van der Waals surface area contributed by atoms with Crippen LogP contribution in [0.25, 0.3) is 0 Å². The van der Waals surface area contributed by atoms with Crippen LogP contribution in [0.5, 0.6) is 0 Å². The van der Waals surface area contributed by atoms with Crippen molar-refractivity contribution in [1.29, 1.82) is 0 Å². The Labute approximate surface area is 145 Å². The Kier molecular flexibility index (Phi) is 5.75. The van der Waals surface area contributed by atoms with Crippen molar-refractivity contribution in [2.75, 3.05) is 25.0 Å². The number of likely N-dealkylation sites (tertiary alicyclic amines) is 1. The minimum atomic E-state index is -0.790. The summed E-state index contributed by atoms with van der Waals surface area (Å²) in [4.78, 5) is 13.7. The molecule has 0 atom stereocenters. The summed E-state index contributed by atoms with van der Waals surface area (Å²) in [5, 5.41) is 14.0. The first kappa shape index (κ1) is 18.6. The molecule has 0 unspecified atom stereocenters. The lowest BCUT2D eigenvalue weighted by atomic mass is 9.91. The van der Waals surface area contributed by atoms with Gasteiger partial charge in [0.25, 0.3) is 0 Å². The van der Waals surface area contributed by atoms with E-state index in [-0.39, 0.29) is 6.09 Å². The van der Waals surface area contributed by atoms with Crippen molar-refractivity contribution >= 4 is 11.8 Å². The highest BCUT2D eigenvalue weighted by atomic mass is 16.6. The number of aryl methyl sites for hydroxylation is 1. The van der Waals surface area contributed by atoms with Gasteiger partial charge in [-0.05, 0) is 57.7 Å². The normalized spacial score (nSPS) is 17.5. The van der Waals surface area contributed by atoms with Gasteiger partial charge in [-0.15, -0.1) is 0 Å².